The summed E-state index contributed by atoms with van der Waals surface area (Å²) >= 11 is 0. The molecule has 0 aromatic carbocycles. The maximum Gasteiger partial charge on any atom is 0.416 e. The fourth-order valence-corrected chi connectivity index (χ4v) is 2.20. The molecule has 0 bridgehead atoms. The van der Waals surface area contributed by atoms with Crippen molar-refractivity contribution in [3.8, 4) is 0 Å². The Morgan fingerprint density at radius 3 is 2.67 bits per heavy atom. The summed E-state index contributed by atoms with van der Waals surface area (Å²) < 4.78 is 43.9. The van der Waals surface area contributed by atoms with Crippen molar-refractivity contribution in [3.05, 3.63) is 41.9 Å². The van der Waals surface area contributed by atoms with Crippen LogP contribution in [0.25, 0.3) is 0 Å². The Kier molecular flexibility index (Phi) is 3.27. The first-order chi connectivity index (χ1) is 9.93. The second-order valence-electron chi connectivity index (χ2n) is 5.08. The molecule has 21 heavy (non-hydrogen) atoms. The summed E-state index contributed by atoms with van der Waals surface area (Å²) in [6, 6.07) is 5.60. The Bertz CT molecular complexity index is 621. The maximum atomic E-state index is 12.9. The Labute approximate surface area is 119 Å². The second-order valence-corrected chi connectivity index (χ2v) is 5.08. The van der Waals surface area contributed by atoms with E-state index in [4.69, 9.17) is 10.2 Å². The molecule has 0 aliphatic heterocycles. The third kappa shape index (κ3) is 3.12. The van der Waals surface area contributed by atoms with Crippen LogP contribution in [0, 0.1) is 0 Å². The Balaban J connectivity index is 1.94. The fraction of sp³-hybridized carbons (Fsp3) is 0.357. The summed E-state index contributed by atoms with van der Waals surface area (Å²) in [4.78, 5) is 5.86. The van der Waals surface area contributed by atoms with Crippen molar-refractivity contribution < 1.29 is 17.6 Å². The van der Waals surface area contributed by atoms with Gasteiger partial charge < -0.3 is 15.1 Å². The number of halogens is 3. The molecule has 2 aromatic heterocycles. The van der Waals surface area contributed by atoms with Crippen LogP contribution < -0.4 is 10.6 Å². The van der Waals surface area contributed by atoms with Gasteiger partial charge in [-0.25, -0.2) is 4.98 Å². The molecule has 0 unspecified atom stereocenters. The predicted molar refractivity (Wildman–Crippen MR) is 71.6 cm³/mol. The highest BCUT2D eigenvalue weighted by molar-refractivity contribution is 5.51. The summed E-state index contributed by atoms with van der Waals surface area (Å²) in [6.45, 7) is 0.380. The van der Waals surface area contributed by atoms with E-state index in [0.29, 0.717) is 12.3 Å². The van der Waals surface area contributed by atoms with Gasteiger partial charge in [-0.15, -0.1) is 0 Å². The van der Waals surface area contributed by atoms with E-state index in [2.05, 4.69) is 4.98 Å². The van der Waals surface area contributed by atoms with E-state index in [-0.39, 0.29) is 17.7 Å². The topological polar surface area (TPSA) is 55.3 Å². The molecule has 0 amide bonds. The van der Waals surface area contributed by atoms with Crippen LogP contribution in [0.5, 0.6) is 0 Å². The summed E-state index contributed by atoms with van der Waals surface area (Å²) in [5.74, 6) is 0.783. The molecule has 0 saturated heterocycles. The number of aromatic nitrogens is 1. The molecule has 1 aliphatic rings. The number of nitrogens with zero attached hydrogens (tertiary/aromatic N) is 2. The molecule has 0 atom stereocenters. The van der Waals surface area contributed by atoms with Crippen LogP contribution >= 0.6 is 0 Å². The van der Waals surface area contributed by atoms with Crippen LogP contribution in [0.1, 0.15) is 24.2 Å². The van der Waals surface area contributed by atoms with Crippen LogP contribution in [0.4, 0.5) is 24.8 Å². The number of furan rings is 1. The van der Waals surface area contributed by atoms with Gasteiger partial charge in [-0.3, -0.25) is 0 Å². The zero-order valence-electron chi connectivity index (χ0n) is 11.1. The van der Waals surface area contributed by atoms with Crippen molar-refractivity contribution in [2.24, 2.45) is 0 Å². The highest BCUT2D eigenvalue weighted by Crippen LogP contribution is 2.36. The molecular weight excluding hydrogens is 283 g/mol. The van der Waals surface area contributed by atoms with E-state index < -0.39 is 11.7 Å². The molecule has 2 N–H and O–H groups in total. The van der Waals surface area contributed by atoms with Gasteiger partial charge in [0.2, 0.25) is 0 Å². The average molecular weight is 297 g/mol. The molecule has 2 heterocycles. The van der Waals surface area contributed by atoms with Crippen LogP contribution in [0.2, 0.25) is 0 Å². The minimum absolute atomic E-state index is 0.134. The van der Waals surface area contributed by atoms with E-state index in [1.807, 2.05) is 4.90 Å². The molecular formula is C14H14F3N3O. The molecule has 0 radical (unpaired) electrons. The number of hydrogen-bond acceptors (Lipinski definition) is 4. The monoisotopic (exact) mass is 297 g/mol. The lowest BCUT2D eigenvalue weighted by Gasteiger charge is -2.23. The number of anilines is 2. The highest BCUT2D eigenvalue weighted by atomic mass is 19.4. The van der Waals surface area contributed by atoms with Gasteiger partial charge in [0.1, 0.15) is 17.4 Å². The van der Waals surface area contributed by atoms with Gasteiger partial charge in [0.25, 0.3) is 0 Å². The maximum absolute atomic E-state index is 12.9. The summed E-state index contributed by atoms with van der Waals surface area (Å²) in [5.41, 5.74) is 4.74. The predicted octanol–water partition coefficient (Wildman–Crippen LogP) is 3.44. The molecule has 4 nitrogen and oxygen atoms in total. The zero-order valence-corrected chi connectivity index (χ0v) is 11.1. The SMILES string of the molecule is Nc1cc(C(F)(F)F)cc(N(Cc2ccco2)C2CC2)n1. The van der Waals surface area contributed by atoms with E-state index in [0.717, 1.165) is 25.0 Å². The second kappa shape index (κ2) is 4.98. The summed E-state index contributed by atoms with van der Waals surface area (Å²) in [7, 11) is 0. The minimum atomic E-state index is -4.44. The molecule has 1 aliphatic carbocycles. The van der Waals surface area contributed by atoms with Crippen molar-refractivity contribution in [1.29, 1.82) is 0 Å². The van der Waals surface area contributed by atoms with Crippen molar-refractivity contribution >= 4 is 11.6 Å². The number of rotatable bonds is 4. The fourth-order valence-electron chi connectivity index (χ4n) is 2.20. The van der Waals surface area contributed by atoms with Crippen LogP contribution in [0.15, 0.2) is 34.9 Å². The molecule has 0 spiro atoms. The number of hydrogen-bond donors (Lipinski definition) is 1. The molecule has 3 rings (SSSR count). The van der Waals surface area contributed by atoms with Crippen LogP contribution in [-0.4, -0.2) is 11.0 Å². The standard InChI is InChI=1S/C14H14F3N3O/c15-14(16,17)9-6-12(18)19-13(7-9)20(10-3-4-10)8-11-2-1-5-21-11/h1-2,5-7,10H,3-4,8H2,(H2,18,19). The molecule has 1 saturated carbocycles. The number of alkyl halides is 3. The van der Waals surface area contributed by atoms with Gasteiger partial charge in [-0.2, -0.15) is 13.2 Å². The summed E-state index contributed by atoms with van der Waals surface area (Å²) in [5, 5.41) is 0. The number of nitrogens with two attached hydrogens (primary N) is 1. The lowest BCUT2D eigenvalue weighted by atomic mass is 10.2. The van der Waals surface area contributed by atoms with E-state index in [1.165, 1.54) is 6.26 Å². The normalized spacial score (nSPS) is 15.2. The summed E-state index contributed by atoms with van der Waals surface area (Å²) in [6.07, 6.45) is -1.04. The smallest absolute Gasteiger partial charge is 0.416 e. The molecule has 1 fully saturated rings. The Morgan fingerprint density at radius 1 is 1.33 bits per heavy atom. The lowest BCUT2D eigenvalue weighted by molar-refractivity contribution is -0.137. The highest BCUT2D eigenvalue weighted by Gasteiger charge is 2.35. The number of pyridine rings is 1. The van der Waals surface area contributed by atoms with Crippen LogP contribution in [-0.2, 0) is 12.7 Å². The van der Waals surface area contributed by atoms with E-state index >= 15 is 0 Å². The third-order valence-electron chi connectivity index (χ3n) is 3.35. The van der Waals surface area contributed by atoms with Crippen LogP contribution in [0.3, 0.4) is 0 Å². The zero-order chi connectivity index (χ0) is 15.0. The molecule has 7 heteroatoms. The van der Waals surface area contributed by atoms with Crippen molar-refractivity contribution in [2.45, 2.75) is 31.6 Å². The first-order valence-electron chi connectivity index (χ1n) is 6.57. The first-order valence-corrected chi connectivity index (χ1v) is 6.57. The molecule has 112 valence electrons. The van der Waals surface area contributed by atoms with Crippen molar-refractivity contribution in [3.63, 3.8) is 0 Å². The molecule has 2 aromatic rings. The largest absolute Gasteiger partial charge is 0.467 e. The minimum Gasteiger partial charge on any atom is -0.467 e. The lowest BCUT2D eigenvalue weighted by Crippen LogP contribution is -2.26. The van der Waals surface area contributed by atoms with Gasteiger partial charge in [0.15, 0.2) is 0 Å². The Hall–Kier alpha value is -2.18. The van der Waals surface area contributed by atoms with Gasteiger partial charge in [-0.1, -0.05) is 0 Å². The van der Waals surface area contributed by atoms with Crippen molar-refractivity contribution in [2.75, 3.05) is 10.6 Å². The van der Waals surface area contributed by atoms with Gasteiger partial charge in [0.05, 0.1) is 18.4 Å². The third-order valence-corrected chi connectivity index (χ3v) is 3.35. The quantitative estimate of drug-likeness (QED) is 0.939. The first kappa shape index (κ1) is 13.8. The number of nitrogen functional groups attached to an aromatic ring is 1. The Morgan fingerprint density at radius 2 is 2.10 bits per heavy atom. The van der Waals surface area contributed by atoms with Gasteiger partial charge >= 0.3 is 6.18 Å². The van der Waals surface area contributed by atoms with E-state index in [1.54, 1.807) is 12.1 Å². The average Bonchev–Trinajstić information content (AvgIpc) is 3.11. The van der Waals surface area contributed by atoms with E-state index in [9.17, 15) is 13.2 Å². The van der Waals surface area contributed by atoms with Gasteiger partial charge in [-0.05, 0) is 37.1 Å². The van der Waals surface area contributed by atoms with Crippen molar-refractivity contribution in [1.82, 2.24) is 4.98 Å². The van der Waals surface area contributed by atoms with Gasteiger partial charge in [0, 0.05) is 6.04 Å².